The first-order valence-electron chi connectivity index (χ1n) is 7.38. The molecule has 0 fully saturated rings. The van der Waals surface area contributed by atoms with Gasteiger partial charge in [-0.15, -0.1) is 11.3 Å². The van der Waals surface area contributed by atoms with Gasteiger partial charge in [0.25, 0.3) is 5.91 Å². The number of pyridine rings is 1. The number of amides is 1. The molecule has 118 valence electrons. The number of nitrogens with one attached hydrogen (secondary N) is 2. The fraction of sp³-hybridized carbons (Fsp3) is 0.0588. The lowest BCUT2D eigenvalue weighted by Gasteiger charge is -2.09. The maximum atomic E-state index is 12.4. The molecule has 0 aliphatic carbocycles. The number of fused-ring (bicyclic) bond motifs is 1. The predicted molar refractivity (Wildman–Crippen MR) is 92.6 cm³/mol. The fourth-order valence-electron chi connectivity index (χ4n) is 2.48. The molecule has 0 spiro atoms. The number of nitrogens with zero attached hydrogens (tertiary/aromatic N) is 3. The van der Waals surface area contributed by atoms with Crippen molar-refractivity contribution in [2.45, 2.75) is 6.54 Å². The van der Waals surface area contributed by atoms with Crippen molar-refractivity contribution >= 4 is 28.3 Å². The first-order valence-corrected chi connectivity index (χ1v) is 8.26. The van der Waals surface area contributed by atoms with Crippen LogP contribution in [0.15, 0.2) is 54.0 Å². The summed E-state index contributed by atoms with van der Waals surface area (Å²) in [4.78, 5) is 17.9. The average molecular weight is 335 g/mol. The Kier molecular flexibility index (Phi) is 3.76. The van der Waals surface area contributed by atoms with E-state index in [2.05, 4.69) is 25.7 Å². The van der Waals surface area contributed by atoms with E-state index in [1.54, 1.807) is 35.7 Å². The topological polar surface area (TPSA) is 83.6 Å². The smallest absolute Gasteiger partial charge is 0.251 e. The van der Waals surface area contributed by atoms with Gasteiger partial charge in [-0.1, -0.05) is 12.1 Å². The van der Waals surface area contributed by atoms with Crippen LogP contribution in [-0.2, 0) is 6.54 Å². The van der Waals surface area contributed by atoms with Gasteiger partial charge in [0.15, 0.2) is 0 Å². The van der Waals surface area contributed by atoms with Crippen LogP contribution in [0.1, 0.15) is 15.9 Å². The molecule has 0 atom stereocenters. The SMILES string of the molecule is O=C(NCc1cccnc1-c1cccs1)c1ccc2n[nH]nc2c1. The number of benzene rings is 1. The quantitative estimate of drug-likeness (QED) is 0.600. The highest BCUT2D eigenvalue weighted by Gasteiger charge is 2.11. The zero-order valence-corrected chi connectivity index (χ0v) is 13.4. The summed E-state index contributed by atoms with van der Waals surface area (Å²) in [5.41, 5.74) is 3.84. The Morgan fingerprint density at radius 1 is 1.12 bits per heavy atom. The normalized spacial score (nSPS) is 10.8. The molecule has 4 aromatic rings. The number of carbonyl (C=O) groups is 1. The van der Waals surface area contributed by atoms with Gasteiger partial charge >= 0.3 is 0 Å². The molecule has 24 heavy (non-hydrogen) atoms. The molecular weight excluding hydrogens is 322 g/mol. The maximum Gasteiger partial charge on any atom is 0.251 e. The van der Waals surface area contributed by atoms with E-state index in [4.69, 9.17) is 0 Å². The highest BCUT2D eigenvalue weighted by molar-refractivity contribution is 7.13. The predicted octanol–water partition coefficient (Wildman–Crippen LogP) is 3.01. The molecule has 1 amide bonds. The van der Waals surface area contributed by atoms with E-state index in [0.717, 1.165) is 21.7 Å². The van der Waals surface area contributed by atoms with Crippen LogP contribution in [0.2, 0.25) is 0 Å². The second kappa shape index (κ2) is 6.21. The Balaban J connectivity index is 1.53. The second-order valence-electron chi connectivity index (χ2n) is 5.20. The van der Waals surface area contributed by atoms with Crippen molar-refractivity contribution in [1.29, 1.82) is 0 Å². The number of hydrogen-bond donors (Lipinski definition) is 2. The summed E-state index contributed by atoms with van der Waals surface area (Å²) in [6.45, 7) is 0.413. The van der Waals surface area contributed by atoms with Gasteiger partial charge in [-0.3, -0.25) is 9.78 Å². The molecule has 0 saturated carbocycles. The lowest BCUT2D eigenvalue weighted by Crippen LogP contribution is -2.23. The van der Waals surface area contributed by atoms with Gasteiger partial charge in [-0.25, -0.2) is 0 Å². The van der Waals surface area contributed by atoms with E-state index in [1.807, 2.05) is 29.6 Å². The zero-order valence-electron chi connectivity index (χ0n) is 12.6. The summed E-state index contributed by atoms with van der Waals surface area (Å²) in [5.74, 6) is -0.152. The summed E-state index contributed by atoms with van der Waals surface area (Å²) in [5, 5.41) is 15.5. The summed E-state index contributed by atoms with van der Waals surface area (Å²) >= 11 is 1.63. The lowest BCUT2D eigenvalue weighted by molar-refractivity contribution is 0.0951. The third kappa shape index (κ3) is 2.77. The van der Waals surface area contributed by atoms with Crippen LogP contribution in [0.3, 0.4) is 0 Å². The molecule has 0 aliphatic heterocycles. The molecule has 0 saturated heterocycles. The summed E-state index contributed by atoms with van der Waals surface area (Å²) in [7, 11) is 0. The molecule has 0 radical (unpaired) electrons. The summed E-state index contributed by atoms with van der Waals surface area (Å²) in [6.07, 6.45) is 1.76. The first-order chi connectivity index (χ1) is 11.8. The van der Waals surface area contributed by atoms with Crippen LogP contribution < -0.4 is 5.32 Å². The van der Waals surface area contributed by atoms with Crippen LogP contribution in [0, 0.1) is 0 Å². The molecule has 0 unspecified atom stereocenters. The summed E-state index contributed by atoms with van der Waals surface area (Å²) < 4.78 is 0. The van der Waals surface area contributed by atoms with Crippen molar-refractivity contribution in [3.8, 4) is 10.6 Å². The van der Waals surface area contributed by atoms with E-state index in [-0.39, 0.29) is 5.91 Å². The van der Waals surface area contributed by atoms with E-state index >= 15 is 0 Å². The van der Waals surface area contributed by atoms with Gasteiger partial charge in [0.2, 0.25) is 0 Å². The van der Waals surface area contributed by atoms with Gasteiger partial charge in [0, 0.05) is 18.3 Å². The molecule has 2 N–H and O–H groups in total. The van der Waals surface area contributed by atoms with Crippen molar-refractivity contribution < 1.29 is 4.79 Å². The molecule has 4 rings (SSSR count). The molecule has 0 aliphatic rings. The monoisotopic (exact) mass is 335 g/mol. The molecule has 1 aromatic carbocycles. The Morgan fingerprint density at radius 2 is 2.04 bits per heavy atom. The second-order valence-corrected chi connectivity index (χ2v) is 6.15. The molecular formula is C17H13N5OS. The highest BCUT2D eigenvalue weighted by atomic mass is 32.1. The Bertz CT molecular complexity index is 993. The van der Waals surface area contributed by atoms with Crippen molar-refractivity contribution in [2.75, 3.05) is 0 Å². The third-order valence-electron chi connectivity index (χ3n) is 3.66. The number of thiophene rings is 1. The van der Waals surface area contributed by atoms with Gasteiger partial charge in [0.05, 0.1) is 10.6 Å². The molecule has 3 heterocycles. The van der Waals surface area contributed by atoms with Gasteiger partial charge in [-0.2, -0.15) is 15.4 Å². The molecule has 7 heteroatoms. The number of hydrogen-bond acceptors (Lipinski definition) is 5. The highest BCUT2D eigenvalue weighted by Crippen LogP contribution is 2.25. The number of H-pyrrole nitrogens is 1. The van der Waals surface area contributed by atoms with E-state index < -0.39 is 0 Å². The number of rotatable bonds is 4. The van der Waals surface area contributed by atoms with Gasteiger partial charge in [0.1, 0.15) is 11.0 Å². The van der Waals surface area contributed by atoms with E-state index in [9.17, 15) is 4.79 Å². The van der Waals surface area contributed by atoms with Crippen LogP contribution in [0.25, 0.3) is 21.6 Å². The first kappa shape index (κ1) is 14.5. The molecule has 6 nitrogen and oxygen atoms in total. The largest absolute Gasteiger partial charge is 0.348 e. The van der Waals surface area contributed by atoms with Crippen LogP contribution in [0.5, 0.6) is 0 Å². The van der Waals surface area contributed by atoms with Crippen LogP contribution >= 0.6 is 11.3 Å². The molecule has 3 aromatic heterocycles. The van der Waals surface area contributed by atoms with E-state index in [0.29, 0.717) is 17.6 Å². The summed E-state index contributed by atoms with van der Waals surface area (Å²) in [6, 6.07) is 13.1. The number of aromatic amines is 1. The van der Waals surface area contributed by atoms with E-state index in [1.165, 1.54) is 0 Å². The van der Waals surface area contributed by atoms with Crippen molar-refractivity contribution in [3.63, 3.8) is 0 Å². The minimum Gasteiger partial charge on any atom is -0.348 e. The Morgan fingerprint density at radius 3 is 2.92 bits per heavy atom. The van der Waals surface area contributed by atoms with Crippen LogP contribution in [-0.4, -0.2) is 26.3 Å². The van der Waals surface area contributed by atoms with Crippen molar-refractivity contribution in [1.82, 2.24) is 25.7 Å². The average Bonchev–Trinajstić information content (AvgIpc) is 3.30. The van der Waals surface area contributed by atoms with Crippen molar-refractivity contribution in [2.24, 2.45) is 0 Å². The van der Waals surface area contributed by atoms with Gasteiger partial charge < -0.3 is 5.32 Å². The lowest BCUT2D eigenvalue weighted by atomic mass is 10.1. The molecule has 0 bridgehead atoms. The Labute approximate surface area is 141 Å². The number of carbonyl (C=O) groups excluding carboxylic acids is 1. The Hall–Kier alpha value is -3.06. The maximum absolute atomic E-state index is 12.4. The van der Waals surface area contributed by atoms with Crippen molar-refractivity contribution in [3.05, 3.63) is 65.2 Å². The minimum absolute atomic E-state index is 0.152. The zero-order chi connectivity index (χ0) is 16.4. The third-order valence-corrected chi connectivity index (χ3v) is 4.54. The fourth-order valence-corrected chi connectivity index (χ4v) is 3.23. The minimum atomic E-state index is -0.152. The van der Waals surface area contributed by atoms with Gasteiger partial charge in [-0.05, 0) is 41.3 Å². The van der Waals surface area contributed by atoms with Crippen LogP contribution in [0.4, 0.5) is 0 Å². The standard InChI is InChI=1S/C17H13N5OS/c23-17(11-5-6-13-14(9-11)21-22-20-13)19-10-12-3-1-7-18-16(12)15-4-2-8-24-15/h1-9H,10H2,(H,19,23)(H,20,21,22). The number of aromatic nitrogens is 4.